The molecule has 0 atom stereocenters. The molecule has 2 aromatic heterocycles. The van der Waals surface area contributed by atoms with Crippen LogP contribution in [-0.2, 0) is 6.54 Å². The van der Waals surface area contributed by atoms with Gasteiger partial charge in [-0.25, -0.2) is 9.97 Å². The van der Waals surface area contributed by atoms with E-state index in [4.69, 9.17) is 5.73 Å². The highest BCUT2D eigenvalue weighted by molar-refractivity contribution is 5.60. The van der Waals surface area contributed by atoms with E-state index in [1.54, 1.807) is 6.20 Å². The Labute approximate surface area is 80.6 Å². The third-order valence-corrected chi connectivity index (χ3v) is 1.75. The van der Waals surface area contributed by atoms with Crippen LogP contribution in [0.5, 0.6) is 0 Å². The molecule has 0 aliphatic heterocycles. The van der Waals surface area contributed by atoms with Crippen LogP contribution in [-0.4, -0.2) is 20.2 Å². The zero-order valence-corrected chi connectivity index (χ0v) is 7.44. The molecule has 0 radical (unpaired) electrons. The fraction of sp³-hybridized carbons (Fsp3) is 0.125. The van der Waals surface area contributed by atoms with Gasteiger partial charge in [0.15, 0.2) is 0 Å². The maximum absolute atomic E-state index is 5.64. The summed E-state index contributed by atoms with van der Waals surface area (Å²) >= 11 is 0. The summed E-state index contributed by atoms with van der Waals surface area (Å²) in [6.45, 7) is 0.551. The summed E-state index contributed by atoms with van der Waals surface area (Å²) < 4.78 is 0. The number of aromatic nitrogens is 4. The summed E-state index contributed by atoms with van der Waals surface area (Å²) in [5, 5.41) is 9.57. The summed E-state index contributed by atoms with van der Waals surface area (Å²) in [7, 11) is 0. The second kappa shape index (κ2) is 3.73. The number of rotatable bonds is 3. The van der Waals surface area contributed by atoms with E-state index < -0.39 is 0 Å². The van der Waals surface area contributed by atoms with Gasteiger partial charge in [0.2, 0.25) is 0 Å². The second-order valence-electron chi connectivity index (χ2n) is 2.72. The van der Waals surface area contributed by atoms with Crippen molar-refractivity contribution >= 4 is 11.5 Å². The Kier molecular flexibility index (Phi) is 2.26. The minimum absolute atomic E-state index is 0.479. The van der Waals surface area contributed by atoms with Crippen LogP contribution in [0.3, 0.4) is 0 Å². The number of pyridine rings is 1. The molecule has 0 aliphatic rings. The normalized spacial score (nSPS) is 10.0. The van der Waals surface area contributed by atoms with Crippen LogP contribution in [0.1, 0.15) is 5.82 Å². The van der Waals surface area contributed by atoms with Crippen LogP contribution in [0.25, 0.3) is 0 Å². The summed E-state index contributed by atoms with van der Waals surface area (Å²) in [5.74, 6) is 1.24. The molecule has 0 aromatic carbocycles. The lowest BCUT2D eigenvalue weighted by Crippen LogP contribution is -2.04. The van der Waals surface area contributed by atoms with Gasteiger partial charge in [0, 0.05) is 6.20 Å². The van der Waals surface area contributed by atoms with E-state index in [0.717, 1.165) is 11.5 Å². The van der Waals surface area contributed by atoms with Crippen molar-refractivity contribution in [2.24, 2.45) is 0 Å². The monoisotopic (exact) mass is 190 g/mol. The van der Waals surface area contributed by atoms with Crippen molar-refractivity contribution in [2.45, 2.75) is 6.54 Å². The molecule has 0 spiro atoms. The number of nitrogens with zero attached hydrogens (tertiary/aromatic N) is 3. The molecular formula is C8H10N6. The van der Waals surface area contributed by atoms with Crippen molar-refractivity contribution in [1.82, 2.24) is 20.2 Å². The lowest BCUT2D eigenvalue weighted by molar-refractivity contribution is 0.954. The van der Waals surface area contributed by atoms with Crippen molar-refractivity contribution in [3.63, 3.8) is 0 Å². The Morgan fingerprint density at radius 1 is 1.43 bits per heavy atom. The van der Waals surface area contributed by atoms with Crippen molar-refractivity contribution in [3.8, 4) is 0 Å². The number of nitrogens with two attached hydrogens (primary N) is 1. The Morgan fingerprint density at radius 2 is 2.36 bits per heavy atom. The number of hydrogen-bond donors (Lipinski definition) is 3. The van der Waals surface area contributed by atoms with Crippen LogP contribution in [0.4, 0.5) is 11.5 Å². The van der Waals surface area contributed by atoms with Gasteiger partial charge in [-0.3, -0.25) is 5.10 Å². The highest BCUT2D eigenvalue weighted by atomic mass is 15.2. The number of nitrogens with one attached hydrogen (secondary N) is 2. The highest BCUT2D eigenvalue weighted by Crippen LogP contribution is 2.13. The van der Waals surface area contributed by atoms with Gasteiger partial charge in [-0.2, -0.15) is 5.10 Å². The third-order valence-electron chi connectivity index (χ3n) is 1.75. The van der Waals surface area contributed by atoms with Gasteiger partial charge < -0.3 is 11.1 Å². The van der Waals surface area contributed by atoms with Gasteiger partial charge in [0.25, 0.3) is 0 Å². The fourth-order valence-corrected chi connectivity index (χ4v) is 1.06. The van der Waals surface area contributed by atoms with Crippen LogP contribution in [0, 0.1) is 0 Å². The molecule has 2 rings (SSSR count). The average Bonchev–Trinajstić information content (AvgIpc) is 2.69. The Hall–Kier alpha value is -2.11. The Bertz CT molecular complexity index is 396. The standard InChI is InChI=1S/C8H10N6/c9-8-6(2-1-3-10-8)11-4-7-12-5-13-14-7/h1-3,5,11H,4H2,(H2,9,10)(H,12,13,14). The first-order valence-electron chi connectivity index (χ1n) is 4.15. The third kappa shape index (κ3) is 1.79. The van der Waals surface area contributed by atoms with E-state index in [-0.39, 0.29) is 0 Å². The molecule has 0 unspecified atom stereocenters. The number of H-pyrrole nitrogens is 1. The predicted octanol–water partition coefficient (Wildman–Crippen LogP) is 0.394. The lowest BCUT2D eigenvalue weighted by atomic mass is 10.4. The summed E-state index contributed by atoms with van der Waals surface area (Å²) in [5.41, 5.74) is 6.44. The molecule has 72 valence electrons. The maximum atomic E-state index is 5.64. The van der Waals surface area contributed by atoms with Gasteiger partial charge in [-0.05, 0) is 12.1 Å². The van der Waals surface area contributed by atoms with E-state index in [2.05, 4.69) is 25.5 Å². The number of nitrogen functional groups attached to an aromatic ring is 1. The molecule has 0 saturated heterocycles. The molecule has 0 amide bonds. The molecular weight excluding hydrogens is 180 g/mol. The smallest absolute Gasteiger partial charge is 0.146 e. The predicted molar refractivity (Wildman–Crippen MR) is 52.4 cm³/mol. The van der Waals surface area contributed by atoms with Crippen LogP contribution >= 0.6 is 0 Å². The Balaban J connectivity index is 2.02. The van der Waals surface area contributed by atoms with Gasteiger partial charge in [0.05, 0.1) is 12.2 Å². The van der Waals surface area contributed by atoms with Crippen molar-refractivity contribution in [1.29, 1.82) is 0 Å². The molecule has 0 aliphatic carbocycles. The van der Waals surface area contributed by atoms with Crippen molar-refractivity contribution in [2.75, 3.05) is 11.1 Å². The van der Waals surface area contributed by atoms with Gasteiger partial charge in [-0.15, -0.1) is 0 Å². The van der Waals surface area contributed by atoms with E-state index in [1.165, 1.54) is 6.33 Å². The molecule has 2 aromatic rings. The topological polar surface area (TPSA) is 92.5 Å². The van der Waals surface area contributed by atoms with Gasteiger partial charge >= 0.3 is 0 Å². The first kappa shape index (κ1) is 8.49. The van der Waals surface area contributed by atoms with Gasteiger partial charge in [0.1, 0.15) is 18.0 Å². The average molecular weight is 190 g/mol. The molecule has 0 saturated carbocycles. The van der Waals surface area contributed by atoms with E-state index in [1.807, 2.05) is 12.1 Å². The lowest BCUT2D eigenvalue weighted by Gasteiger charge is -2.05. The molecule has 6 nitrogen and oxygen atoms in total. The van der Waals surface area contributed by atoms with E-state index >= 15 is 0 Å². The summed E-state index contributed by atoms with van der Waals surface area (Å²) in [6, 6.07) is 3.68. The minimum atomic E-state index is 0.479. The zero-order chi connectivity index (χ0) is 9.80. The van der Waals surface area contributed by atoms with Crippen LogP contribution in [0.15, 0.2) is 24.7 Å². The van der Waals surface area contributed by atoms with Crippen molar-refractivity contribution < 1.29 is 0 Å². The second-order valence-corrected chi connectivity index (χ2v) is 2.72. The number of aromatic amines is 1. The molecule has 0 bridgehead atoms. The molecule has 6 heteroatoms. The fourth-order valence-electron chi connectivity index (χ4n) is 1.06. The first-order chi connectivity index (χ1) is 6.86. The number of hydrogen-bond acceptors (Lipinski definition) is 5. The van der Waals surface area contributed by atoms with E-state index in [9.17, 15) is 0 Å². The van der Waals surface area contributed by atoms with Crippen LogP contribution in [0.2, 0.25) is 0 Å². The first-order valence-corrected chi connectivity index (χ1v) is 4.15. The largest absolute Gasteiger partial charge is 0.382 e. The quantitative estimate of drug-likeness (QED) is 0.651. The highest BCUT2D eigenvalue weighted by Gasteiger charge is 1.99. The van der Waals surface area contributed by atoms with Crippen LogP contribution < -0.4 is 11.1 Å². The summed E-state index contributed by atoms with van der Waals surface area (Å²) in [4.78, 5) is 7.92. The van der Waals surface area contributed by atoms with E-state index in [0.29, 0.717) is 12.4 Å². The molecule has 2 heterocycles. The minimum Gasteiger partial charge on any atom is -0.382 e. The Morgan fingerprint density at radius 3 is 3.07 bits per heavy atom. The SMILES string of the molecule is Nc1ncccc1NCc1ncn[nH]1. The maximum Gasteiger partial charge on any atom is 0.146 e. The molecule has 4 N–H and O–H groups in total. The van der Waals surface area contributed by atoms with Gasteiger partial charge in [-0.1, -0.05) is 0 Å². The molecule has 14 heavy (non-hydrogen) atoms. The zero-order valence-electron chi connectivity index (χ0n) is 7.44. The van der Waals surface area contributed by atoms with Crippen molar-refractivity contribution in [3.05, 3.63) is 30.5 Å². The number of anilines is 2. The molecule has 0 fully saturated rings. The summed E-state index contributed by atoms with van der Waals surface area (Å²) in [6.07, 6.45) is 3.11.